The summed E-state index contributed by atoms with van der Waals surface area (Å²) in [5.41, 5.74) is 1.66. The maximum atomic E-state index is 11.6. The number of benzene rings is 1. The van der Waals surface area contributed by atoms with E-state index in [-0.39, 0.29) is 12.2 Å². The number of methoxy groups -OCH3 is 1. The number of nitriles is 1. The van der Waals surface area contributed by atoms with Crippen LogP contribution in [-0.4, -0.2) is 19.7 Å². The van der Waals surface area contributed by atoms with Crippen LogP contribution < -0.4 is 4.74 Å². The average Bonchev–Trinajstić information content (AvgIpc) is 2.40. The lowest BCUT2D eigenvalue weighted by Crippen LogP contribution is -2.09. The molecule has 0 aromatic heterocycles. The number of nitrogens with zero attached hydrogens (tertiary/aromatic N) is 1. The van der Waals surface area contributed by atoms with E-state index in [2.05, 4.69) is 0 Å². The molecule has 0 atom stereocenters. The molecule has 0 bridgehead atoms. The molecule has 1 rings (SSSR count). The van der Waals surface area contributed by atoms with Gasteiger partial charge in [-0.05, 0) is 37.5 Å². The van der Waals surface area contributed by atoms with E-state index in [4.69, 9.17) is 14.7 Å². The predicted molar refractivity (Wildman–Crippen MR) is 71.6 cm³/mol. The van der Waals surface area contributed by atoms with Crippen LogP contribution in [0.1, 0.15) is 19.4 Å². The summed E-state index contributed by atoms with van der Waals surface area (Å²) in [6.07, 6.45) is 0.478. The fourth-order valence-corrected chi connectivity index (χ4v) is 1.74. The van der Waals surface area contributed by atoms with Crippen LogP contribution in [0.4, 0.5) is 0 Å². The van der Waals surface area contributed by atoms with Crippen LogP contribution in [0.5, 0.6) is 5.75 Å². The lowest BCUT2D eigenvalue weighted by atomic mass is 10.0. The summed E-state index contributed by atoms with van der Waals surface area (Å²) in [6, 6.07) is 9.42. The number of esters is 1. The van der Waals surface area contributed by atoms with Crippen molar-refractivity contribution in [2.24, 2.45) is 0 Å². The fourth-order valence-electron chi connectivity index (χ4n) is 1.74. The second-order valence-electron chi connectivity index (χ2n) is 3.98. The molecule has 1 aromatic carbocycles. The molecule has 0 fully saturated rings. The van der Waals surface area contributed by atoms with E-state index in [0.29, 0.717) is 12.0 Å². The molecule has 4 heteroatoms. The van der Waals surface area contributed by atoms with Gasteiger partial charge in [-0.1, -0.05) is 18.2 Å². The standard InChI is InChI=1S/C15H17NO3/c1-4-19-15(17)13(10-16)11(2)9-12-7-5-6-8-14(12)18-3/h5-8H,4,9H2,1-3H3/b13-11-. The first-order valence-electron chi connectivity index (χ1n) is 6.02. The van der Waals surface area contributed by atoms with Crippen molar-refractivity contribution in [3.63, 3.8) is 0 Å². The molecular formula is C15H17NO3. The van der Waals surface area contributed by atoms with Gasteiger partial charge in [-0.25, -0.2) is 4.79 Å². The largest absolute Gasteiger partial charge is 0.496 e. The molecule has 0 amide bonds. The zero-order valence-electron chi connectivity index (χ0n) is 11.4. The molecule has 0 heterocycles. The quantitative estimate of drug-likeness (QED) is 0.463. The van der Waals surface area contributed by atoms with Crippen LogP contribution in [0, 0.1) is 11.3 Å². The van der Waals surface area contributed by atoms with E-state index in [9.17, 15) is 4.79 Å². The Bertz CT molecular complexity index is 526. The van der Waals surface area contributed by atoms with Gasteiger partial charge in [0.05, 0.1) is 13.7 Å². The third kappa shape index (κ3) is 3.85. The Morgan fingerprint density at radius 3 is 2.63 bits per heavy atom. The highest BCUT2D eigenvalue weighted by molar-refractivity contribution is 5.93. The zero-order valence-corrected chi connectivity index (χ0v) is 11.4. The van der Waals surface area contributed by atoms with Crippen molar-refractivity contribution in [2.75, 3.05) is 13.7 Å². The minimum Gasteiger partial charge on any atom is -0.496 e. The van der Waals surface area contributed by atoms with Gasteiger partial charge in [-0.2, -0.15) is 5.26 Å². The zero-order chi connectivity index (χ0) is 14.3. The first-order valence-corrected chi connectivity index (χ1v) is 6.02. The summed E-state index contributed by atoms with van der Waals surface area (Å²) < 4.78 is 10.1. The Kier molecular flexibility index (Phi) is 5.62. The van der Waals surface area contributed by atoms with Crippen molar-refractivity contribution in [3.05, 3.63) is 41.0 Å². The SMILES string of the molecule is CCOC(=O)/C(C#N)=C(/C)Cc1ccccc1OC. The Morgan fingerprint density at radius 1 is 1.37 bits per heavy atom. The van der Waals surface area contributed by atoms with Gasteiger partial charge in [-0.3, -0.25) is 0 Å². The third-order valence-corrected chi connectivity index (χ3v) is 2.67. The van der Waals surface area contributed by atoms with Gasteiger partial charge < -0.3 is 9.47 Å². The Labute approximate surface area is 113 Å². The van der Waals surface area contributed by atoms with Crippen LogP contribution in [0.15, 0.2) is 35.4 Å². The van der Waals surface area contributed by atoms with E-state index in [0.717, 1.165) is 11.3 Å². The summed E-state index contributed by atoms with van der Waals surface area (Å²) in [4.78, 5) is 11.6. The molecule has 0 aliphatic rings. The summed E-state index contributed by atoms with van der Waals surface area (Å²) >= 11 is 0. The number of carbonyl (C=O) groups excluding carboxylic acids is 1. The maximum absolute atomic E-state index is 11.6. The monoisotopic (exact) mass is 259 g/mol. The van der Waals surface area contributed by atoms with Crippen LogP contribution in [0.3, 0.4) is 0 Å². The van der Waals surface area contributed by atoms with E-state index >= 15 is 0 Å². The molecular weight excluding hydrogens is 242 g/mol. The minimum absolute atomic E-state index is 0.0627. The Hall–Kier alpha value is -2.28. The maximum Gasteiger partial charge on any atom is 0.348 e. The number of rotatable bonds is 5. The molecule has 19 heavy (non-hydrogen) atoms. The smallest absolute Gasteiger partial charge is 0.348 e. The van der Waals surface area contributed by atoms with E-state index < -0.39 is 5.97 Å². The van der Waals surface area contributed by atoms with Crippen molar-refractivity contribution >= 4 is 5.97 Å². The number of hydrogen-bond acceptors (Lipinski definition) is 4. The van der Waals surface area contributed by atoms with Gasteiger partial charge in [0.1, 0.15) is 17.4 Å². The summed E-state index contributed by atoms with van der Waals surface area (Å²) in [6.45, 7) is 3.72. The highest BCUT2D eigenvalue weighted by Gasteiger charge is 2.14. The lowest BCUT2D eigenvalue weighted by Gasteiger charge is -2.09. The molecule has 4 nitrogen and oxygen atoms in total. The summed E-state index contributed by atoms with van der Waals surface area (Å²) in [7, 11) is 1.59. The van der Waals surface area contributed by atoms with E-state index in [1.807, 2.05) is 30.3 Å². The van der Waals surface area contributed by atoms with Gasteiger partial charge in [0.2, 0.25) is 0 Å². The van der Waals surface area contributed by atoms with Gasteiger partial charge >= 0.3 is 5.97 Å². The molecule has 0 unspecified atom stereocenters. The number of para-hydroxylation sites is 1. The van der Waals surface area contributed by atoms with E-state index in [1.54, 1.807) is 21.0 Å². The molecule has 0 radical (unpaired) electrons. The molecule has 0 saturated heterocycles. The van der Waals surface area contributed by atoms with Gasteiger partial charge in [0, 0.05) is 0 Å². The van der Waals surface area contributed by atoms with Gasteiger partial charge in [0.25, 0.3) is 0 Å². The van der Waals surface area contributed by atoms with Crippen LogP contribution in [-0.2, 0) is 16.0 Å². The molecule has 0 spiro atoms. The summed E-state index contributed by atoms with van der Waals surface area (Å²) in [5.74, 6) is 0.167. The molecule has 0 aliphatic heterocycles. The fraction of sp³-hybridized carbons (Fsp3) is 0.333. The van der Waals surface area contributed by atoms with Gasteiger partial charge in [-0.15, -0.1) is 0 Å². The normalized spacial score (nSPS) is 11.3. The summed E-state index contributed by atoms with van der Waals surface area (Å²) in [5, 5.41) is 9.06. The Balaban J connectivity index is 3.02. The molecule has 1 aromatic rings. The van der Waals surface area contributed by atoms with Crippen LogP contribution in [0.25, 0.3) is 0 Å². The predicted octanol–water partition coefficient (Wildman–Crippen LogP) is 2.64. The first-order chi connectivity index (χ1) is 9.13. The highest BCUT2D eigenvalue weighted by Crippen LogP contribution is 2.22. The molecule has 0 aliphatic carbocycles. The first kappa shape index (κ1) is 14.8. The highest BCUT2D eigenvalue weighted by atomic mass is 16.5. The molecule has 0 saturated carbocycles. The topological polar surface area (TPSA) is 59.3 Å². The van der Waals surface area contributed by atoms with E-state index in [1.165, 1.54) is 0 Å². The number of allylic oxidation sites excluding steroid dienone is 1. The molecule has 100 valence electrons. The lowest BCUT2D eigenvalue weighted by molar-refractivity contribution is -0.138. The average molecular weight is 259 g/mol. The Morgan fingerprint density at radius 2 is 2.05 bits per heavy atom. The van der Waals surface area contributed by atoms with Gasteiger partial charge in [0.15, 0.2) is 0 Å². The van der Waals surface area contributed by atoms with Crippen molar-refractivity contribution in [3.8, 4) is 11.8 Å². The van der Waals surface area contributed by atoms with Crippen LogP contribution >= 0.6 is 0 Å². The number of hydrogen-bond donors (Lipinski definition) is 0. The minimum atomic E-state index is -0.572. The second-order valence-corrected chi connectivity index (χ2v) is 3.98. The van der Waals surface area contributed by atoms with Crippen molar-refractivity contribution < 1.29 is 14.3 Å². The number of carbonyl (C=O) groups is 1. The van der Waals surface area contributed by atoms with Crippen molar-refractivity contribution in [1.29, 1.82) is 5.26 Å². The molecule has 0 N–H and O–H groups in total. The van der Waals surface area contributed by atoms with Crippen LogP contribution in [0.2, 0.25) is 0 Å². The second kappa shape index (κ2) is 7.22. The third-order valence-electron chi connectivity index (χ3n) is 2.67. The van der Waals surface area contributed by atoms with Crippen molar-refractivity contribution in [1.82, 2.24) is 0 Å². The van der Waals surface area contributed by atoms with Crippen molar-refractivity contribution in [2.45, 2.75) is 20.3 Å². The number of ether oxygens (including phenoxy) is 2.